The minimum absolute atomic E-state index is 0.326. The summed E-state index contributed by atoms with van der Waals surface area (Å²) in [6.07, 6.45) is 0.597. The predicted octanol–water partition coefficient (Wildman–Crippen LogP) is 3.33. The summed E-state index contributed by atoms with van der Waals surface area (Å²) in [6, 6.07) is 4.95. The van der Waals surface area contributed by atoms with E-state index in [1.54, 1.807) is 12.1 Å². The van der Waals surface area contributed by atoms with Crippen molar-refractivity contribution in [2.75, 3.05) is 6.61 Å². The monoisotopic (exact) mass is 299 g/mol. The molecule has 0 aliphatic carbocycles. The molecule has 0 spiro atoms. The Morgan fingerprint density at radius 2 is 2.15 bits per heavy atom. The number of hydrogen-bond donors (Lipinski definition) is 2. The third-order valence-corrected chi connectivity index (χ3v) is 3.15. The van der Waals surface area contributed by atoms with Crippen molar-refractivity contribution in [2.24, 2.45) is 5.92 Å². The number of carboxylic acids is 1. The van der Waals surface area contributed by atoms with E-state index in [0.29, 0.717) is 36.3 Å². The Bertz CT molecular complexity index is 449. The number of aliphatic carboxylic acids is 1. The van der Waals surface area contributed by atoms with Crippen molar-refractivity contribution in [3.05, 3.63) is 28.8 Å². The second-order valence-corrected chi connectivity index (χ2v) is 5.51. The van der Waals surface area contributed by atoms with Crippen molar-refractivity contribution in [2.45, 2.75) is 39.8 Å². The Morgan fingerprint density at radius 1 is 1.45 bits per heavy atom. The molecule has 5 heteroatoms. The summed E-state index contributed by atoms with van der Waals surface area (Å²) in [7, 11) is 0. The Kier molecular flexibility index (Phi) is 6.82. The van der Waals surface area contributed by atoms with Crippen LogP contribution in [0, 0.1) is 5.92 Å². The molecule has 112 valence electrons. The smallest absolute Gasteiger partial charge is 0.320 e. The third-order valence-electron chi connectivity index (χ3n) is 2.85. The van der Waals surface area contributed by atoms with E-state index in [1.807, 2.05) is 26.8 Å². The van der Waals surface area contributed by atoms with E-state index >= 15 is 0 Å². The molecule has 20 heavy (non-hydrogen) atoms. The van der Waals surface area contributed by atoms with E-state index in [2.05, 4.69) is 5.32 Å². The van der Waals surface area contributed by atoms with Crippen molar-refractivity contribution < 1.29 is 14.6 Å². The highest BCUT2D eigenvalue weighted by molar-refractivity contribution is 6.32. The van der Waals surface area contributed by atoms with E-state index in [-0.39, 0.29) is 0 Å². The summed E-state index contributed by atoms with van der Waals surface area (Å²) in [5, 5.41) is 12.8. The average molecular weight is 300 g/mol. The molecule has 1 aromatic carbocycles. The topological polar surface area (TPSA) is 58.6 Å². The molecule has 0 saturated carbocycles. The van der Waals surface area contributed by atoms with Crippen molar-refractivity contribution in [3.8, 4) is 5.75 Å². The number of benzene rings is 1. The summed E-state index contributed by atoms with van der Waals surface area (Å²) < 4.78 is 5.36. The van der Waals surface area contributed by atoms with Crippen LogP contribution in [0.4, 0.5) is 0 Å². The fourth-order valence-electron chi connectivity index (χ4n) is 1.91. The molecule has 2 N–H and O–H groups in total. The van der Waals surface area contributed by atoms with E-state index in [0.717, 1.165) is 5.56 Å². The van der Waals surface area contributed by atoms with E-state index in [1.165, 1.54) is 0 Å². The molecular formula is C15H22ClNO3. The summed E-state index contributed by atoms with van der Waals surface area (Å²) in [4.78, 5) is 11.2. The van der Waals surface area contributed by atoms with E-state index in [9.17, 15) is 4.79 Å². The van der Waals surface area contributed by atoms with Gasteiger partial charge in [0.05, 0.1) is 11.6 Å². The molecular weight excluding hydrogens is 278 g/mol. The lowest BCUT2D eigenvalue weighted by Gasteiger charge is -2.17. The number of carboxylic acid groups (broad SMARTS) is 1. The third kappa shape index (κ3) is 5.39. The van der Waals surface area contributed by atoms with Gasteiger partial charge in [-0.3, -0.25) is 4.79 Å². The van der Waals surface area contributed by atoms with Crippen LogP contribution < -0.4 is 10.1 Å². The quantitative estimate of drug-likeness (QED) is 0.773. The summed E-state index contributed by atoms with van der Waals surface area (Å²) in [6.45, 7) is 6.94. The highest BCUT2D eigenvalue weighted by Crippen LogP contribution is 2.25. The van der Waals surface area contributed by atoms with Gasteiger partial charge in [-0.15, -0.1) is 0 Å². The molecule has 1 aromatic rings. The molecule has 0 bridgehead atoms. The molecule has 0 fully saturated rings. The molecule has 0 aliphatic rings. The predicted molar refractivity (Wildman–Crippen MR) is 80.3 cm³/mol. The normalized spacial score (nSPS) is 12.4. The first-order valence-electron chi connectivity index (χ1n) is 6.81. The Hall–Kier alpha value is -1.26. The van der Waals surface area contributed by atoms with Crippen LogP contribution in [-0.4, -0.2) is 23.7 Å². The number of ether oxygens (including phenoxy) is 1. The largest absolute Gasteiger partial charge is 0.492 e. The number of rotatable bonds is 8. The van der Waals surface area contributed by atoms with Crippen LogP contribution in [0.5, 0.6) is 5.75 Å². The minimum atomic E-state index is -0.823. The van der Waals surface area contributed by atoms with Gasteiger partial charge in [-0.05, 0) is 37.0 Å². The van der Waals surface area contributed by atoms with Gasteiger partial charge in [0.15, 0.2) is 0 Å². The molecule has 0 heterocycles. The van der Waals surface area contributed by atoms with Gasteiger partial charge in [0.2, 0.25) is 0 Å². The molecule has 0 unspecified atom stereocenters. The minimum Gasteiger partial charge on any atom is -0.492 e. The van der Waals surface area contributed by atoms with Gasteiger partial charge in [0.25, 0.3) is 0 Å². The standard InChI is InChI=1S/C15H22ClNO3/c1-4-20-14-6-5-11(8-12(14)16)9-17-13(15(18)19)7-10(2)3/h5-6,8,10,13,17H,4,7,9H2,1-3H3,(H,18,19)/t13-/m1/s1. The van der Waals surface area contributed by atoms with Crippen LogP contribution >= 0.6 is 11.6 Å². The highest BCUT2D eigenvalue weighted by atomic mass is 35.5. The number of carbonyl (C=O) groups is 1. The fraction of sp³-hybridized carbons (Fsp3) is 0.533. The van der Waals surface area contributed by atoms with Crippen LogP contribution in [0.15, 0.2) is 18.2 Å². The van der Waals surface area contributed by atoms with Gasteiger partial charge in [-0.1, -0.05) is 31.5 Å². The maximum Gasteiger partial charge on any atom is 0.320 e. The van der Waals surface area contributed by atoms with Crippen LogP contribution in [0.25, 0.3) is 0 Å². The SMILES string of the molecule is CCOc1ccc(CN[C@H](CC(C)C)C(=O)O)cc1Cl. The fourth-order valence-corrected chi connectivity index (χ4v) is 2.17. The van der Waals surface area contributed by atoms with Gasteiger partial charge in [-0.2, -0.15) is 0 Å². The Morgan fingerprint density at radius 3 is 2.65 bits per heavy atom. The van der Waals surface area contributed by atoms with E-state index in [4.69, 9.17) is 21.4 Å². The maximum absolute atomic E-state index is 11.2. The molecule has 0 radical (unpaired) electrons. The second kappa shape index (κ2) is 8.12. The van der Waals surface area contributed by atoms with Crippen molar-refractivity contribution >= 4 is 17.6 Å². The first-order chi connectivity index (χ1) is 9.43. The van der Waals surface area contributed by atoms with Crippen LogP contribution in [0.3, 0.4) is 0 Å². The lowest BCUT2D eigenvalue weighted by atomic mass is 10.0. The lowest BCUT2D eigenvalue weighted by molar-refractivity contribution is -0.140. The molecule has 1 rings (SSSR count). The summed E-state index contributed by atoms with van der Waals surface area (Å²) >= 11 is 6.10. The number of hydrogen-bond acceptors (Lipinski definition) is 3. The maximum atomic E-state index is 11.2. The van der Waals surface area contributed by atoms with Gasteiger partial charge < -0.3 is 15.2 Å². The molecule has 0 aromatic heterocycles. The molecule has 0 saturated heterocycles. The van der Waals surface area contributed by atoms with Crippen molar-refractivity contribution in [1.82, 2.24) is 5.32 Å². The second-order valence-electron chi connectivity index (χ2n) is 5.10. The Labute approximate surface area is 125 Å². The Balaban J connectivity index is 2.64. The van der Waals surface area contributed by atoms with Crippen LogP contribution in [0.1, 0.15) is 32.8 Å². The van der Waals surface area contributed by atoms with Gasteiger partial charge in [-0.25, -0.2) is 0 Å². The van der Waals surface area contributed by atoms with Gasteiger partial charge in [0.1, 0.15) is 11.8 Å². The molecule has 0 aliphatic heterocycles. The number of halogens is 1. The average Bonchev–Trinajstić information content (AvgIpc) is 2.37. The molecule has 4 nitrogen and oxygen atoms in total. The first kappa shape index (κ1) is 16.8. The number of nitrogens with one attached hydrogen (secondary N) is 1. The van der Waals surface area contributed by atoms with Gasteiger partial charge >= 0.3 is 5.97 Å². The summed E-state index contributed by atoms with van der Waals surface area (Å²) in [5.41, 5.74) is 0.938. The molecule has 0 amide bonds. The highest BCUT2D eigenvalue weighted by Gasteiger charge is 2.18. The van der Waals surface area contributed by atoms with Crippen molar-refractivity contribution in [3.63, 3.8) is 0 Å². The first-order valence-corrected chi connectivity index (χ1v) is 7.19. The van der Waals surface area contributed by atoms with Crippen LogP contribution in [-0.2, 0) is 11.3 Å². The molecule has 1 atom stereocenters. The van der Waals surface area contributed by atoms with E-state index < -0.39 is 12.0 Å². The zero-order chi connectivity index (χ0) is 15.1. The zero-order valence-corrected chi connectivity index (χ0v) is 12.9. The summed E-state index contributed by atoms with van der Waals surface area (Å²) in [5.74, 6) is 0.151. The van der Waals surface area contributed by atoms with Crippen LogP contribution in [0.2, 0.25) is 5.02 Å². The van der Waals surface area contributed by atoms with Gasteiger partial charge in [0, 0.05) is 6.54 Å². The van der Waals surface area contributed by atoms with Crippen molar-refractivity contribution in [1.29, 1.82) is 0 Å². The lowest BCUT2D eigenvalue weighted by Crippen LogP contribution is -2.37. The zero-order valence-electron chi connectivity index (χ0n) is 12.1.